The molecule has 0 unspecified atom stereocenters. The van der Waals surface area contributed by atoms with Crippen LogP contribution in [-0.2, 0) is 0 Å². The van der Waals surface area contributed by atoms with Gasteiger partial charge in [-0.05, 0) is 32.4 Å². The van der Waals surface area contributed by atoms with E-state index in [1.165, 1.54) is 0 Å². The first kappa shape index (κ1) is 12.7. The molecule has 0 aliphatic heterocycles. The van der Waals surface area contributed by atoms with Crippen LogP contribution in [0.2, 0.25) is 0 Å². The van der Waals surface area contributed by atoms with Crippen molar-refractivity contribution in [3.8, 4) is 0 Å². The van der Waals surface area contributed by atoms with Crippen LogP contribution in [0, 0.1) is 6.92 Å². The molecule has 88 valence electrons. The zero-order valence-electron chi connectivity index (χ0n) is 10.4. The molecule has 0 fully saturated rings. The maximum Gasteiger partial charge on any atom is 0.254 e. The first-order valence-electron chi connectivity index (χ1n) is 5.44. The average Bonchev–Trinajstić information content (AvgIpc) is 2.27. The van der Waals surface area contributed by atoms with Crippen LogP contribution < -0.4 is 5.73 Å². The molecule has 1 rings (SSSR count). The minimum atomic E-state index is -0.320. The summed E-state index contributed by atoms with van der Waals surface area (Å²) < 4.78 is 0. The molecule has 3 heteroatoms. The minimum Gasteiger partial charge on any atom is -0.335 e. The lowest BCUT2D eigenvalue weighted by atomic mass is 10.0. The number of rotatable bonds is 3. The van der Waals surface area contributed by atoms with E-state index in [0.29, 0.717) is 6.54 Å². The van der Waals surface area contributed by atoms with Gasteiger partial charge in [0.2, 0.25) is 0 Å². The molecule has 16 heavy (non-hydrogen) atoms. The van der Waals surface area contributed by atoms with Crippen molar-refractivity contribution >= 4 is 5.91 Å². The predicted molar refractivity (Wildman–Crippen MR) is 66.4 cm³/mol. The third kappa shape index (κ3) is 2.42. The van der Waals surface area contributed by atoms with Crippen molar-refractivity contribution in [1.29, 1.82) is 0 Å². The summed E-state index contributed by atoms with van der Waals surface area (Å²) in [7, 11) is 1.79. The summed E-state index contributed by atoms with van der Waals surface area (Å²) in [4.78, 5) is 13.9. The average molecular weight is 220 g/mol. The van der Waals surface area contributed by atoms with Crippen molar-refractivity contribution in [2.75, 3.05) is 13.6 Å². The fourth-order valence-electron chi connectivity index (χ4n) is 1.41. The molecule has 0 aliphatic carbocycles. The Morgan fingerprint density at radius 3 is 2.44 bits per heavy atom. The number of carbonyl (C=O) groups is 1. The molecule has 0 saturated heterocycles. The second kappa shape index (κ2) is 4.66. The van der Waals surface area contributed by atoms with Crippen molar-refractivity contribution in [2.24, 2.45) is 5.73 Å². The molecular weight excluding hydrogens is 200 g/mol. The van der Waals surface area contributed by atoms with Crippen molar-refractivity contribution < 1.29 is 4.79 Å². The van der Waals surface area contributed by atoms with E-state index in [-0.39, 0.29) is 11.4 Å². The largest absolute Gasteiger partial charge is 0.335 e. The molecule has 0 aromatic heterocycles. The molecule has 1 amide bonds. The van der Waals surface area contributed by atoms with Gasteiger partial charge in [-0.15, -0.1) is 0 Å². The van der Waals surface area contributed by atoms with Gasteiger partial charge in [0.05, 0.1) is 0 Å². The quantitative estimate of drug-likeness (QED) is 0.844. The van der Waals surface area contributed by atoms with Crippen molar-refractivity contribution in [2.45, 2.75) is 26.3 Å². The first-order valence-corrected chi connectivity index (χ1v) is 5.44. The van der Waals surface area contributed by atoms with Gasteiger partial charge in [-0.1, -0.05) is 18.2 Å². The molecule has 0 spiro atoms. The standard InChI is InChI=1S/C13H20N2O/c1-10-7-5-6-8-11(10)12(16)15(4)13(2,3)9-14/h5-8H,9,14H2,1-4H3. The topological polar surface area (TPSA) is 46.3 Å². The van der Waals surface area contributed by atoms with Crippen LogP contribution in [0.3, 0.4) is 0 Å². The Morgan fingerprint density at radius 1 is 1.38 bits per heavy atom. The van der Waals surface area contributed by atoms with Crippen LogP contribution >= 0.6 is 0 Å². The van der Waals surface area contributed by atoms with Gasteiger partial charge in [-0.25, -0.2) is 0 Å². The highest BCUT2D eigenvalue weighted by Crippen LogP contribution is 2.16. The molecule has 3 nitrogen and oxygen atoms in total. The number of aryl methyl sites for hydroxylation is 1. The smallest absolute Gasteiger partial charge is 0.254 e. The summed E-state index contributed by atoms with van der Waals surface area (Å²) >= 11 is 0. The van der Waals surface area contributed by atoms with Gasteiger partial charge in [0, 0.05) is 24.7 Å². The number of carbonyl (C=O) groups excluding carboxylic acids is 1. The minimum absolute atomic E-state index is 0.0218. The molecule has 0 heterocycles. The lowest BCUT2D eigenvalue weighted by Gasteiger charge is -2.34. The molecule has 1 aromatic rings. The monoisotopic (exact) mass is 220 g/mol. The number of nitrogens with two attached hydrogens (primary N) is 1. The van der Waals surface area contributed by atoms with E-state index in [4.69, 9.17) is 5.73 Å². The van der Waals surface area contributed by atoms with Gasteiger partial charge in [-0.2, -0.15) is 0 Å². The normalized spacial score (nSPS) is 11.3. The van der Waals surface area contributed by atoms with Gasteiger partial charge in [0.25, 0.3) is 5.91 Å². The molecule has 1 aromatic carbocycles. The third-order valence-corrected chi connectivity index (χ3v) is 3.09. The Kier molecular flexibility index (Phi) is 3.70. The molecule has 2 N–H and O–H groups in total. The summed E-state index contributed by atoms with van der Waals surface area (Å²) in [5.74, 6) is 0.0218. The van der Waals surface area contributed by atoms with Crippen LogP contribution in [0.15, 0.2) is 24.3 Å². The predicted octanol–water partition coefficient (Wildman–Crippen LogP) is 1.80. The first-order chi connectivity index (χ1) is 7.40. The van der Waals surface area contributed by atoms with Gasteiger partial charge in [0.15, 0.2) is 0 Å². The maximum atomic E-state index is 12.2. The number of amides is 1. The second-order valence-electron chi connectivity index (χ2n) is 4.70. The van der Waals surface area contributed by atoms with E-state index in [2.05, 4.69) is 0 Å². The summed E-state index contributed by atoms with van der Waals surface area (Å²) in [6.07, 6.45) is 0. The Hall–Kier alpha value is -1.35. The van der Waals surface area contributed by atoms with E-state index in [9.17, 15) is 4.79 Å². The van der Waals surface area contributed by atoms with Gasteiger partial charge < -0.3 is 10.6 Å². The third-order valence-electron chi connectivity index (χ3n) is 3.09. The molecule has 0 bridgehead atoms. The van der Waals surface area contributed by atoms with E-state index in [1.54, 1.807) is 11.9 Å². The highest BCUT2D eigenvalue weighted by Gasteiger charge is 2.27. The highest BCUT2D eigenvalue weighted by atomic mass is 16.2. The van der Waals surface area contributed by atoms with Crippen molar-refractivity contribution in [3.63, 3.8) is 0 Å². The lowest BCUT2D eigenvalue weighted by Crippen LogP contribution is -2.50. The fraction of sp³-hybridized carbons (Fsp3) is 0.462. The molecule has 0 atom stereocenters. The maximum absolute atomic E-state index is 12.2. The molecule has 0 saturated carbocycles. The number of nitrogens with zero attached hydrogens (tertiary/aromatic N) is 1. The molecule has 0 aliphatic rings. The summed E-state index contributed by atoms with van der Waals surface area (Å²) in [6, 6.07) is 7.60. The van der Waals surface area contributed by atoms with Crippen LogP contribution in [-0.4, -0.2) is 29.9 Å². The highest BCUT2D eigenvalue weighted by molar-refractivity contribution is 5.95. The van der Waals surface area contributed by atoms with E-state index >= 15 is 0 Å². The summed E-state index contributed by atoms with van der Waals surface area (Å²) in [5.41, 5.74) is 7.08. The number of benzene rings is 1. The van der Waals surface area contributed by atoms with Crippen LogP contribution in [0.1, 0.15) is 29.8 Å². The number of hydrogen-bond acceptors (Lipinski definition) is 2. The second-order valence-corrected chi connectivity index (χ2v) is 4.70. The van der Waals surface area contributed by atoms with Gasteiger partial charge in [-0.3, -0.25) is 4.79 Å². The molecular formula is C13H20N2O. The zero-order valence-corrected chi connectivity index (χ0v) is 10.4. The van der Waals surface area contributed by atoms with Crippen LogP contribution in [0.4, 0.5) is 0 Å². The Morgan fingerprint density at radius 2 is 1.94 bits per heavy atom. The van der Waals surface area contributed by atoms with Crippen LogP contribution in [0.5, 0.6) is 0 Å². The van der Waals surface area contributed by atoms with Crippen molar-refractivity contribution in [1.82, 2.24) is 4.90 Å². The number of hydrogen-bond donors (Lipinski definition) is 1. The van der Waals surface area contributed by atoms with E-state index in [0.717, 1.165) is 11.1 Å². The SMILES string of the molecule is Cc1ccccc1C(=O)N(C)C(C)(C)CN. The Balaban J connectivity index is 3.00. The van der Waals surface area contributed by atoms with E-state index in [1.807, 2.05) is 45.0 Å². The summed E-state index contributed by atoms with van der Waals surface area (Å²) in [5, 5.41) is 0. The number of likely N-dealkylation sites (N-methyl/N-ethyl adjacent to an activating group) is 1. The van der Waals surface area contributed by atoms with E-state index < -0.39 is 0 Å². The Bertz CT molecular complexity index is 385. The Labute approximate surface area is 97.2 Å². The zero-order chi connectivity index (χ0) is 12.3. The lowest BCUT2D eigenvalue weighted by molar-refractivity contribution is 0.0639. The summed E-state index contributed by atoms with van der Waals surface area (Å²) in [6.45, 7) is 6.31. The molecule has 0 radical (unpaired) electrons. The van der Waals surface area contributed by atoms with Crippen molar-refractivity contribution in [3.05, 3.63) is 35.4 Å². The van der Waals surface area contributed by atoms with Crippen LogP contribution in [0.25, 0.3) is 0 Å². The van der Waals surface area contributed by atoms with Gasteiger partial charge in [0.1, 0.15) is 0 Å². The van der Waals surface area contributed by atoms with Gasteiger partial charge >= 0.3 is 0 Å². The fourth-order valence-corrected chi connectivity index (χ4v) is 1.41.